The second-order valence-corrected chi connectivity index (χ2v) is 7.81. The van der Waals surface area contributed by atoms with Crippen molar-refractivity contribution in [2.75, 3.05) is 32.9 Å². The van der Waals surface area contributed by atoms with Crippen molar-refractivity contribution in [2.45, 2.75) is 44.8 Å². The van der Waals surface area contributed by atoms with Gasteiger partial charge in [0.15, 0.2) is 0 Å². The summed E-state index contributed by atoms with van der Waals surface area (Å²) in [4.78, 5) is 2.57. The van der Waals surface area contributed by atoms with Gasteiger partial charge in [-0.05, 0) is 38.0 Å². The van der Waals surface area contributed by atoms with Gasteiger partial charge < -0.3 is 9.47 Å². The highest BCUT2D eigenvalue weighted by atomic mass is 16.5. The van der Waals surface area contributed by atoms with Gasteiger partial charge >= 0.3 is 0 Å². The number of fused-ring (bicyclic) bond motifs is 1. The molecule has 3 aliphatic rings. The Morgan fingerprint density at radius 2 is 2.30 bits per heavy atom. The van der Waals surface area contributed by atoms with Gasteiger partial charge in [-0.2, -0.15) is 5.10 Å². The van der Waals surface area contributed by atoms with Crippen LogP contribution in [-0.2, 0) is 23.1 Å². The fourth-order valence-electron chi connectivity index (χ4n) is 4.25. The summed E-state index contributed by atoms with van der Waals surface area (Å²) in [6.45, 7) is 5.96. The number of nitrogens with zero attached hydrogens (tertiary/aromatic N) is 3. The molecular weight excluding hydrogens is 290 g/mol. The lowest BCUT2D eigenvalue weighted by Crippen LogP contribution is -2.56. The maximum absolute atomic E-state index is 6.14. The fraction of sp³-hybridized carbons (Fsp3) is 0.833. The van der Waals surface area contributed by atoms with Crippen molar-refractivity contribution in [3.63, 3.8) is 0 Å². The lowest BCUT2D eigenvalue weighted by atomic mass is 9.73. The molecule has 1 aliphatic carbocycles. The second-order valence-electron chi connectivity index (χ2n) is 7.81. The molecule has 0 radical (unpaired) electrons. The number of hydrogen-bond donors (Lipinski definition) is 0. The summed E-state index contributed by atoms with van der Waals surface area (Å²) in [5, 5.41) is 4.30. The van der Waals surface area contributed by atoms with Crippen LogP contribution in [0.25, 0.3) is 0 Å². The maximum atomic E-state index is 6.14. The summed E-state index contributed by atoms with van der Waals surface area (Å²) in [5.41, 5.74) is 1.50. The lowest BCUT2D eigenvalue weighted by molar-refractivity contribution is -0.154. The Morgan fingerprint density at radius 3 is 3.09 bits per heavy atom. The normalized spacial score (nSPS) is 32.0. The van der Waals surface area contributed by atoms with Crippen molar-refractivity contribution >= 4 is 0 Å². The zero-order valence-corrected chi connectivity index (χ0v) is 14.2. The Kier molecular flexibility index (Phi) is 4.43. The van der Waals surface area contributed by atoms with E-state index < -0.39 is 0 Å². The molecule has 0 aromatic carbocycles. The van der Waals surface area contributed by atoms with E-state index in [1.807, 2.05) is 17.9 Å². The van der Waals surface area contributed by atoms with Gasteiger partial charge in [-0.1, -0.05) is 0 Å². The SMILES string of the molecule is Cn1cc(CN2CCC3OCCCC3(COCC3CC3)C2)cn1. The molecule has 2 saturated heterocycles. The average molecular weight is 319 g/mol. The molecule has 0 bridgehead atoms. The van der Waals surface area contributed by atoms with E-state index in [9.17, 15) is 0 Å². The first kappa shape index (κ1) is 15.6. The van der Waals surface area contributed by atoms with E-state index in [1.54, 1.807) is 0 Å². The van der Waals surface area contributed by atoms with Gasteiger partial charge in [0.25, 0.3) is 0 Å². The van der Waals surface area contributed by atoms with Crippen LogP contribution in [0.4, 0.5) is 0 Å². The molecule has 1 aromatic heterocycles. The molecule has 1 saturated carbocycles. The summed E-state index contributed by atoms with van der Waals surface area (Å²) >= 11 is 0. The largest absolute Gasteiger partial charge is 0.380 e. The van der Waals surface area contributed by atoms with Crippen molar-refractivity contribution in [3.8, 4) is 0 Å². The Bertz CT molecular complexity index is 528. The highest BCUT2D eigenvalue weighted by molar-refractivity contribution is 5.05. The first-order valence-corrected chi connectivity index (χ1v) is 9.13. The van der Waals surface area contributed by atoms with E-state index in [1.165, 1.54) is 31.2 Å². The molecule has 0 amide bonds. The highest BCUT2D eigenvalue weighted by Gasteiger charge is 2.46. The number of rotatable bonds is 6. The molecule has 5 heteroatoms. The number of ether oxygens (including phenoxy) is 2. The van der Waals surface area contributed by atoms with Gasteiger partial charge in [-0.25, -0.2) is 0 Å². The molecule has 1 aromatic rings. The zero-order valence-electron chi connectivity index (χ0n) is 14.2. The molecule has 4 rings (SSSR count). The van der Waals surface area contributed by atoms with Gasteiger partial charge in [0.05, 0.1) is 18.9 Å². The standard InChI is InChI=1S/C18H29N3O2/c1-20-10-16(9-19-20)11-21-7-5-17-18(13-21,6-2-8-23-17)14-22-12-15-3-4-15/h9-10,15,17H,2-8,11-14H2,1H3. The van der Waals surface area contributed by atoms with Gasteiger partial charge in [0, 0.05) is 57.1 Å². The summed E-state index contributed by atoms with van der Waals surface area (Å²) in [6, 6.07) is 0. The molecule has 3 fully saturated rings. The van der Waals surface area contributed by atoms with Crippen LogP contribution < -0.4 is 0 Å². The van der Waals surface area contributed by atoms with Gasteiger partial charge in [-0.3, -0.25) is 9.58 Å². The zero-order chi connectivity index (χ0) is 15.7. The number of likely N-dealkylation sites (tertiary alicyclic amines) is 1. The van der Waals surface area contributed by atoms with Crippen LogP contribution in [0.1, 0.15) is 37.7 Å². The van der Waals surface area contributed by atoms with Crippen molar-refractivity contribution in [3.05, 3.63) is 18.0 Å². The molecule has 128 valence electrons. The van der Waals surface area contributed by atoms with E-state index in [4.69, 9.17) is 9.47 Å². The van der Waals surface area contributed by atoms with Crippen LogP contribution in [0.2, 0.25) is 0 Å². The van der Waals surface area contributed by atoms with E-state index in [0.29, 0.717) is 6.10 Å². The number of hydrogen-bond acceptors (Lipinski definition) is 4. The van der Waals surface area contributed by atoms with Gasteiger partial charge in [-0.15, -0.1) is 0 Å². The summed E-state index contributed by atoms with van der Waals surface area (Å²) in [7, 11) is 1.98. The van der Waals surface area contributed by atoms with E-state index in [-0.39, 0.29) is 5.41 Å². The van der Waals surface area contributed by atoms with Crippen molar-refractivity contribution < 1.29 is 9.47 Å². The number of aromatic nitrogens is 2. The predicted molar refractivity (Wildman–Crippen MR) is 88.1 cm³/mol. The molecule has 2 aliphatic heterocycles. The van der Waals surface area contributed by atoms with Crippen LogP contribution in [0.3, 0.4) is 0 Å². The number of piperidine rings is 1. The molecule has 0 spiro atoms. The maximum Gasteiger partial charge on any atom is 0.0677 e. The third-order valence-corrected chi connectivity index (χ3v) is 5.67. The average Bonchev–Trinajstić information content (AvgIpc) is 3.28. The molecule has 5 nitrogen and oxygen atoms in total. The lowest BCUT2D eigenvalue weighted by Gasteiger charge is -2.50. The topological polar surface area (TPSA) is 39.5 Å². The predicted octanol–water partition coefficient (Wildman–Crippen LogP) is 2.22. The van der Waals surface area contributed by atoms with Crippen LogP contribution >= 0.6 is 0 Å². The Labute approximate surface area is 138 Å². The van der Waals surface area contributed by atoms with E-state index >= 15 is 0 Å². The van der Waals surface area contributed by atoms with Crippen molar-refractivity contribution in [2.24, 2.45) is 18.4 Å². The summed E-state index contributed by atoms with van der Waals surface area (Å²) in [5.74, 6) is 0.837. The van der Waals surface area contributed by atoms with Crippen LogP contribution in [0.5, 0.6) is 0 Å². The van der Waals surface area contributed by atoms with Crippen molar-refractivity contribution in [1.29, 1.82) is 0 Å². The third-order valence-electron chi connectivity index (χ3n) is 5.67. The molecule has 0 N–H and O–H groups in total. The summed E-state index contributed by atoms with van der Waals surface area (Å²) < 4.78 is 14.2. The molecule has 3 heterocycles. The Balaban J connectivity index is 1.40. The minimum Gasteiger partial charge on any atom is -0.380 e. The van der Waals surface area contributed by atoms with E-state index in [0.717, 1.165) is 51.8 Å². The first-order valence-electron chi connectivity index (χ1n) is 9.13. The Hall–Kier alpha value is -0.910. The quantitative estimate of drug-likeness (QED) is 0.806. The monoisotopic (exact) mass is 319 g/mol. The van der Waals surface area contributed by atoms with Gasteiger partial charge in [0.1, 0.15) is 0 Å². The summed E-state index contributed by atoms with van der Waals surface area (Å²) in [6.07, 6.45) is 10.8. The molecule has 23 heavy (non-hydrogen) atoms. The van der Waals surface area contributed by atoms with Gasteiger partial charge in [0.2, 0.25) is 0 Å². The molecular formula is C18H29N3O2. The highest BCUT2D eigenvalue weighted by Crippen LogP contribution is 2.41. The van der Waals surface area contributed by atoms with Crippen LogP contribution in [-0.4, -0.2) is 53.7 Å². The Morgan fingerprint density at radius 1 is 1.39 bits per heavy atom. The third kappa shape index (κ3) is 3.62. The molecule has 2 atom stereocenters. The second kappa shape index (κ2) is 6.54. The fourth-order valence-corrected chi connectivity index (χ4v) is 4.25. The smallest absolute Gasteiger partial charge is 0.0677 e. The minimum atomic E-state index is 0.202. The van der Waals surface area contributed by atoms with E-state index in [2.05, 4.69) is 16.2 Å². The van der Waals surface area contributed by atoms with Crippen LogP contribution in [0, 0.1) is 11.3 Å². The van der Waals surface area contributed by atoms with Crippen molar-refractivity contribution in [1.82, 2.24) is 14.7 Å². The number of aryl methyl sites for hydroxylation is 1. The van der Waals surface area contributed by atoms with Crippen LogP contribution in [0.15, 0.2) is 12.4 Å². The molecule has 2 unspecified atom stereocenters. The minimum absolute atomic E-state index is 0.202. The first-order chi connectivity index (χ1) is 11.2.